The molecule has 1 atom stereocenters. The summed E-state index contributed by atoms with van der Waals surface area (Å²) in [6.07, 6.45) is 1.71. The SMILES string of the molecule is COC[C@@H](C)NC(=S)N/N=C\c1cccc(Br)c1. The van der Waals surface area contributed by atoms with Crippen LogP contribution < -0.4 is 10.7 Å². The van der Waals surface area contributed by atoms with Crippen molar-refractivity contribution in [2.24, 2.45) is 5.10 Å². The van der Waals surface area contributed by atoms with Crippen LogP contribution in [0.2, 0.25) is 0 Å². The largest absolute Gasteiger partial charge is 0.383 e. The summed E-state index contributed by atoms with van der Waals surface area (Å²) in [5, 5.41) is 7.58. The zero-order valence-electron chi connectivity index (χ0n) is 10.3. The van der Waals surface area contributed by atoms with Crippen molar-refractivity contribution in [2.45, 2.75) is 13.0 Å². The summed E-state index contributed by atoms with van der Waals surface area (Å²) in [5.41, 5.74) is 3.75. The number of benzene rings is 1. The van der Waals surface area contributed by atoms with Gasteiger partial charge in [-0.3, -0.25) is 5.43 Å². The molecule has 0 amide bonds. The minimum atomic E-state index is 0.149. The molecule has 0 aliphatic heterocycles. The Morgan fingerprint density at radius 3 is 3.06 bits per heavy atom. The highest BCUT2D eigenvalue weighted by molar-refractivity contribution is 9.10. The summed E-state index contributed by atoms with van der Waals surface area (Å²) in [6.45, 7) is 2.58. The standard InChI is InChI=1S/C12H16BrN3OS/c1-9(8-17-2)15-12(18)16-14-7-10-4-3-5-11(13)6-10/h3-7,9H,8H2,1-2H3,(H2,15,16,18)/b14-7-/t9-/m1/s1. The van der Waals surface area contributed by atoms with E-state index in [0.29, 0.717) is 11.7 Å². The topological polar surface area (TPSA) is 45.6 Å². The molecule has 4 nitrogen and oxygen atoms in total. The van der Waals surface area contributed by atoms with Crippen LogP contribution in [0.4, 0.5) is 0 Å². The van der Waals surface area contributed by atoms with E-state index in [0.717, 1.165) is 10.0 Å². The van der Waals surface area contributed by atoms with E-state index in [1.165, 1.54) is 0 Å². The number of thiocarbonyl (C=S) groups is 1. The van der Waals surface area contributed by atoms with Gasteiger partial charge in [0.05, 0.1) is 12.8 Å². The molecule has 2 N–H and O–H groups in total. The van der Waals surface area contributed by atoms with Gasteiger partial charge in [0.2, 0.25) is 0 Å². The van der Waals surface area contributed by atoms with Gasteiger partial charge in [0.25, 0.3) is 0 Å². The van der Waals surface area contributed by atoms with E-state index in [9.17, 15) is 0 Å². The Balaban J connectivity index is 2.38. The van der Waals surface area contributed by atoms with Crippen LogP contribution in [0.3, 0.4) is 0 Å². The van der Waals surface area contributed by atoms with E-state index >= 15 is 0 Å². The van der Waals surface area contributed by atoms with E-state index in [1.54, 1.807) is 13.3 Å². The predicted octanol–water partition coefficient (Wildman–Crippen LogP) is 2.28. The van der Waals surface area contributed by atoms with Crippen LogP contribution in [-0.2, 0) is 4.74 Å². The molecule has 6 heteroatoms. The first-order valence-corrected chi connectivity index (χ1v) is 6.66. The fourth-order valence-corrected chi connectivity index (χ4v) is 1.97. The van der Waals surface area contributed by atoms with Crippen molar-refractivity contribution in [1.82, 2.24) is 10.7 Å². The number of halogens is 1. The lowest BCUT2D eigenvalue weighted by Gasteiger charge is -2.13. The van der Waals surface area contributed by atoms with Crippen molar-refractivity contribution in [3.8, 4) is 0 Å². The lowest BCUT2D eigenvalue weighted by atomic mass is 10.2. The first-order chi connectivity index (χ1) is 8.61. The van der Waals surface area contributed by atoms with Gasteiger partial charge < -0.3 is 10.1 Å². The van der Waals surface area contributed by atoms with E-state index in [4.69, 9.17) is 17.0 Å². The highest BCUT2D eigenvalue weighted by atomic mass is 79.9. The molecular formula is C12H16BrN3OS. The second kappa shape index (κ2) is 8.18. The van der Waals surface area contributed by atoms with Gasteiger partial charge in [0.1, 0.15) is 0 Å². The summed E-state index contributed by atoms with van der Waals surface area (Å²) in [6, 6.07) is 7.98. The van der Waals surface area contributed by atoms with Gasteiger partial charge in [0.15, 0.2) is 5.11 Å². The molecule has 0 unspecified atom stereocenters. The number of rotatable bonds is 5. The molecule has 0 heterocycles. The molecule has 1 aromatic carbocycles. The van der Waals surface area contributed by atoms with E-state index < -0.39 is 0 Å². The van der Waals surface area contributed by atoms with Gasteiger partial charge in [-0.25, -0.2) is 0 Å². The molecule has 0 saturated carbocycles. The van der Waals surface area contributed by atoms with Crippen molar-refractivity contribution >= 4 is 39.5 Å². The Kier molecular flexibility index (Phi) is 6.85. The Labute approximate surface area is 121 Å². The van der Waals surface area contributed by atoms with Crippen LogP contribution in [0, 0.1) is 0 Å². The summed E-state index contributed by atoms with van der Waals surface area (Å²) < 4.78 is 6.01. The summed E-state index contributed by atoms with van der Waals surface area (Å²) >= 11 is 8.48. The van der Waals surface area contributed by atoms with E-state index in [-0.39, 0.29) is 6.04 Å². The lowest BCUT2D eigenvalue weighted by molar-refractivity contribution is 0.179. The zero-order chi connectivity index (χ0) is 13.4. The van der Waals surface area contributed by atoms with Crippen molar-refractivity contribution < 1.29 is 4.74 Å². The fourth-order valence-electron chi connectivity index (χ4n) is 1.30. The van der Waals surface area contributed by atoms with Crippen LogP contribution in [0.15, 0.2) is 33.8 Å². The molecule has 98 valence electrons. The van der Waals surface area contributed by atoms with Gasteiger partial charge in [-0.1, -0.05) is 28.1 Å². The lowest BCUT2D eigenvalue weighted by Crippen LogP contribution is -2.40. The Morgan fingerprint density at radius 2 is 2.39 bits per heavy atom. The molecule has 0 radical (unpaired) electrons. The molecule has 0 aliphatic carbocycles. The van der Waals surface area contributed by atoms with Crippen molar-refractivity contribution in [3.05, 3.63) is 34.3 Å². The zero-order valence-corrected chi connectivity index (χ0v) is 12.7. The number of hydrazone groups is 1. The first kappa shape index (κ1) is 15.1. The maximum absolute atomic E-state index is 5.08. The summed E-state index contributed by atoms with van der Waals surface area (Å²) in [7, 11) is 1.65. The number of nitrogens with zero attached hydrogens (tertiary/aromatic N) is 1. The summed E-state index contributed by atoms with van der Waals surface area (Å²) in [4.78, 5) is 0. The van der Waals surface area contributed by atoms with E-state index in [1.807, 2.05) is 31.2 Å². The normalized spacial score (nSPS) is 12.4. The first-order valence-electron chi connectivity index (χ1n) is 5.46. The average Bonchev–Trinajstić information content (AvgIpc) is 2.29. The van der Waals surface area contributed by atoms with Crippen molar-refractivity contribution in [2.75, 3.05) is 13.7 Å². The van der Waals surface area contributed by atoms with Crippen LogP contribution in [0.25, 0.3) is 0 Å². The Bertz CT molecular complexity index is 426. The fraction of sp³-hybridized carbons (Fsp3) is 0.333. The molecule has 0 aliphatic rings. The van der Waals surface area contributed by atoms with Gasteiger partial charge in [-0.2, -0.15) is 5.10 Å². The molecular weight excluding hydrogens is 314 g/mol. The van der Waals surface area contributed by atoms with Gasteiger partial charge >= 0.3 is 0 Å². The number of nitrogens with one attached hydrogen (secondary N) is 2. The van der Waals surface area contributed by atoms with Crippen LogP contribution in [0.5, 0.6) is 0 Å². The van der Waals surface area contributed by atoms with Crippen LogP contribution in [-0.4, -0.2) is 31.1 Å². The molecule has 0 aromatic heterocycles. The van der Waals surface area contributed by atoms with Crippen molar-refractivity contribution in [1.29, 1.82) is 0 Å². The van der Waals surface area contributed by atoms with Crippen LogP contribution >= 0.6 is 28.1 Å². The van der Waals surface area contributed by atoms with Crippen molar-refractivity contribution in [3.63, 3.8) is 0 Å². The third kappa shape index (κ3) is 6.09. The van der Waals surface area contributed by atoms with Crippen LogP contribution in [0.1, 0.15) is 12.5 Å². The highest BCUT2D eigenvalue weighted by Crippen LogP contribution is 2.09. The minimum Gasteiger partial charge on any atom is -0.383 e. The second-order valence-corrected chi connectivity index (χ2v) is 5.08. The summed E-state index contributed by atoms with van der Waals surface area (Å²) in [5.74, 6) is 0. The third-order valence-corrected chi connectivity index (χ3v) is 2.72. The molecule has 18 heavy (non-hydrogen) atoms. The number of hydrogen-bond acceptors (Lipinski definition) is 3. The van der Waals surface area contributed by atoms with Gasteiger partial charge in [0, 0.05) is 17.6 Å². The number of hydrogen-bond donors (Lipinski definition) is 2. The Morgan fingerprint density at radius 1 is 1.61 bits per heavy atom. The quantitative estimate of drug-likeness (QED) is 0.494. The molecule has 0 fully saturated rings. The minimum absolute atomic E-state index is 0.149. The third-order valence-electron chi connectivity index (χ3n) is 2.02. The van der Waals surface area contributed by atoms with Gasteiger partial charge in [-0.15, -0.1) is 0 Å². The van der Waals surface area contributed by atoms with E-state index in [2.05, 4.69) is 31.8 Å². The Hall–Kier alpha value is -0.980. The van der Waals surface area contributed by atoms with Gasteiger partial charge in [-0.05, 0) is 36.8 Å². The predicted molar refractivity (Wildman–Crippen MR) is 81.9 cm³/mol. The molecule has 0 saturated heterocycles. The molecule has 1 rings (SSSR count). The maximum atomic E-state index is 5.08. The molecule has 0 spiro atoms. The number of methoxy groups -OCH3 is 1. The highest BCUT2D eigenvalue weighted by Gasteiger charge is 2.01. The number of ether oxygens (including phenoxy) is 1. The monoisotopic (exact) mass is 329 g/mol. The smallest absolute Gasteiger partial charge is 0.187 e. The molecule has 1 aromatic rings. The average molecular weight is 330 g/mol. The second-order valence-electron chi connectivity index (χ2n) is 3.75. The maximum Gasteiger partial charge on any atom is 0.187 e. The molecule has 0 bridgehead atoms.